The fraction of sp³-hybridized carbons (Fsp3) is 1.00. The monoisotopic (exact) mass is 215 g/mol. The summed E-state index contributed by atoms with van der Waals surface area (Å²) >= 11 is -2.00. The van der Waals surface area contributed by atoms with Crippen LogP contribution in [0.15, 0.2) is 0 Å². The first-order chi connectivity index (χ1) is 1.41. The van der Waals surface area contributed by atoms with Crippen molar-refractivity contribution in [2.75, 3.05) is 0 Å². The van der Waals surface area contributed by atoms with Gasteiger partial charge in [0.05, 0.1) is 0 Å². The van der Waals surface area contributed by atoms with E-state index in [1.165, 1.54) is 0 Å². The molecule has 0 fully saturated rings. The summed E-state index contributed by atoms with van der Waals surface area (Å²) in [4.78, 5) is 0. The van der Waals surface area contributed by atoms with Crippen LogP contribution in [0.4, 0.5) is 0 Å². The van der Waals surface area contributed by atoms with Crippen LogP contribution >= 0.6 is 0 Å². The van der Waals surface area contributed by atoms with Crippen molar-refractivity contribution in [2.24, 2.45) is 0 Å². The Morgan fingerprint density at radius 3 is 1.00 bits per heavy atom. The van der Waals surface area contributed by atoms with Gasteiger partial charge in [0.15, 0.2) is 0 Å². The Bertz CT molecular complexity index is 32.5. The molecule has 0 aliphatic heterocycles. The maximum Gasteiger partial charge on any atom is 0 e. The minimum atomic E-state index is -2.00. The zero-order chi connectivity index (χ0) is 2.71. The zero-order valence-electron chi connectivity index (χ0n) is 1.65. The van der Waals surface area contributed by atoms with Crippen LogP contribution in [0.3, 0.4) is 0 Å². The Morgan fingerprint density at radius 2 is 1.00 bits per heavy atom. The molecule has 0 amide bonds. The fourth-order valence-corrected chi connectivity index (χ4v) is 0. The van der Waals surface area contributed by atoms with Gasteiger partial charge in [-0.05, 0) is 0 Å². The Morgan fingerprint density at radius 1 is 1.00 bits per heavy atom. The largest absolute Gasteiger partial charge is 0 e. The molecule has 0 atom stereocenters. The molecule has 2 nitrogen and oxygen atoms in total. The third-order valence-electron chi connectivity index (χ3n) is 0. The second-order valence-electron chi connectivity index (χ2n) is 0.0833. The Balaban J connectivity index is -0.00000000667. The van der Waals surface area contributed by atoms with E-state index in [9.17, 15) is 0 Å². The van der Waals surface area contributed by atoms with Gasteiger partial charge in [-0.2, -0.15) is 0 Å². The van der Waals surface area contributed by atoms with Crippen molar-refractivity contribution in [1.29, 1.82) is 0 Å². The standard InChI is InChI=1S/2CH4.2O.Rh.Ti/h2*1H4;;;;. The van der Waals surface area contributed by atoms with Gasteiger partial charge in [-0.25, -0.2) is 0 Å². The van der Waals surface area contributed by atoms with E-state index < -0.39 is 19.1 Å². The van der Waals surface area contributed by atoms with Crippen LogP contribution in [-0.2, 0) is 45.2 Å². The van der Waals surface area contributed by atoms with E-state index >= 15 is 0 Å². The first-order valence-electron chi connectivity index (χ1n) is 0.408. The second-order valence-corrected chi connectivity index (χ2v) is 0.344. The van der Waals surface area contributed by atoms with Gasteiger partial charge in [-0.3, -0.25) is 0 Å². The molecule has 0 aromatic rings. The minimum absolute atomic E-state index is 0. The summed E-state index contributed by atoms with van der Waals surface area (Å²) < 4.78 is 17.0. The maximum absolute atomic E-state index is 8.50. The number of rotatable bonds is 0. The van der Waals surface area contributed by atoms with Crippen molar-refractivity contribution in [3.63, 3.8) is 0 Å². The molecule has 0 heterocycles. The molecule has 0 aliphatic carbocycles. The normalized spacial score (nSPS) is 1.33. The summed E-state index contributed by atoms with van der Waals surface area (Å²) in [5, 5.41) is 0. The molecular formula is C2H8O2RhTi. The molecule has 0 unspecified atom stereocenters. The molecule has 0 saturated heterocycles. The molecule has 0 N–H and O–H groups in total. The van der Waals surface area contributed by atoms with E-state index in [4.69, 9.17) is 6.65 Å². The van der Waals surface area contributed by atoms with Crippen LogP contribution in [0.2, 0.25) is 0 Å². The molecule has 0 aromatic heterocycles. The average molecular weight is 215 g/mol. The van der Waals surface area contributed by atoms with E-state index in [-0.39, 0.29) is 34.3 Å². The summed E-state index contributed by atoms with van der Waals surface area (Å²) in [6.45, 7) is 0. The summed E-state index contributed by atoms with van der Waals surface area (Å²) in [6, 6.07) is 0. The van der Waals surface area contributed by atoms with Gasteiger partial charge in [0.1, 0.15) is 0 Å². The molecule has 0 bridgehead atoms. The third kappa shape index (κ3) is 87.1. The summed E-state index contributed by atoms with van der Waals surface area (Å²) in [7, 11) is 0. The number of hydrogen-bond acceptors (Lipinski definition) is 2. The predicted molar refractivity (Wildman–Crippen MR) is 14.8 cm³/mol. The molecular weight excluding hydrogens is 207 g/mol. The van der Waals surface area contributed by atoms with Crippen molar-refractivity contribution in [3.05, 3.63) is 0 Å². The van der Waals surface area contributed by atoms with E-state index in [1.54, 1.807) is 0 Å². The van der Waals surface area contributed by atoms with E-state index in [0.29, 0.717) is 0 Å². The van der Waals surface area contributed by atoms with E-state index in [0.717, 1.165) is 0 Å². The third-order valence-corrected chi connectivity index (χ3v) is 0. The smallest absolute Gasteiger partial charge is 0 e. The summed E-state index contributed by atoms with van der Waals surface area (Å²) in [6.07, 6.45) is 0. The van der Waals surface area contributed by atoms with Gasteiger partial charge in [-0.1, -0.05) is 14.9 Å². The molecule has 1 radical (unpaired) electrons. The molecule has 4 heteroatoms. The van der Waals surface area contributed by atoms with Crippen LogP contribution in [0.25, 0.3) is 0 Å². The van der Waals surface area contributed by atoms with Crippen molar-refractivity contribution < 1.29 is 45.2 Å². The maximum atomic E-state index is 8.50. The number of hydrogen-bond donors (Lipinski definition) is 0. The SMILES string of the molecule is C.C.[O]=[Ti]=[O].[Rh]. The Labute approximate surface area is 60.0 Å². The van der Waals surface area contributed by atoms with Crippen LogP contribution in [-0.4, -0.2) is 0 Å². The molecule has 6 heavy (non-hydrogen) atoms. The summed E-state index contributed by atoms with van der Waals surface area (Å²) in [5.74, 6) is 0. The molecule has 0 aliphatic rings. The van der Waals surface area contributed by atoms with E-state index in [1.807, 2.05) is 0 Å². The first-order valence-corrected chi connectivity index (χ1v) is 1.68. The Hall–Kier alpha value is 0.938. The molecule has 0 aromatic carbocycles. The first kappa shape index (κ1) is 28.3. The second kappa shape index (κ2) is 38.6. The average Bonchev–Trinajstić information content (AvgIpc) is 0.918. The van der Waals surface area contributed by atoms with Crippen molar-refractivity contribution in [1.82, 2.24) is 0 Å². The predicted octanol–water partition coefficient (Wildman–Crippen LogP) is 1.03. The molecule has 0 rings (SSSR count). The molecule has 41 valence electrons. The fourth-order valence-electron chi connectivity index (χ4n) is 0. The van der Waals surface area contributed by atoms with Crippen LogP contribution < -0.4 is 0 Å². The van der Waals surface area contributed by atoms with Gasteiger partial charge in [0.25, 0.3) is 0 Å². The zero-order valence-corrected chi connectivity index (χ0v) is 4.85. The van der Waals surface area contributed by atoms with Gasteiger partial charge in [-0.15, -0.1) is 0 Å². The van der Waals surface area contributed by atoms with Gasteiger partial charge >= 0.3 is 25.7 Å². The van der Waals surface area contributed by atoms with Gasteiger partial charge in [0.2, 0.25) is 0 Å². The quantitative estimate of drug-likeness (QED) is 0.565. The van der Waals surface area contributed by atoms with Crippen LogP contribution in [0.5, 0.6) is 0 Å². The van der Waals surface area contributed by atoms with Crippen molar-refractivity contribution in [3.8, 4) is 0 Å². The van der Waals surface area contributed by atoms with E-state index in [2.05, 4.69) is 0 Å². The van der Waals surface area contributed by atoms with Crippen LogP contribution in [0, 0.1) is 0 Å². The van der Waals surface area contributed by atoms with Crippen LogP contribution in [0.1, 0.15) is 14.9 Å². The molecule has 0 spiro atoms. The minimum Gasteiger partial charge on any atom is 0 e. The summed E-state index contributed by atoms with van der Waals surface area (Å²) in [5.41, 5.74) is 0. The topological polar surface area (TPSA) is 34.1 Å². The van der Waals surface area contributed by atoms with Gasteiger partial charge in [0, 0.05) is 19.5 Å². The van der Waals surface area contributed by atoms with Gasteiger partial charge < -0.3 is 0 Å². The molecule has 0 saturated carbocycles. The Kier molecular flexibility index (Phi) is 182. The van der Waals surface area contributed by atoms with Crippen molar-refractivity contribution >= 4 is 0 Å². The van der Waals surface area contributed by atoms with Crippen molar-refractivity contribution in [2.45, 2.75) is 14.9 Å².